The van der Waals surface area contributed by atoms with E-state index in [1.54, 1.807) is 11.8 Å². The molecule has 0 spiro atoms. The summed E-state index contributed by atoms with van der Waals surface area (Å²) in [6.45, 7) is 0.818. The van der Waals surface area contributed by atoms with Gasteiger partial charge in [-0.1, -0.05) is 35.5 Å². The third-order valence-corrected chi connectivity index (χ3v) is 4.21. The highest BCUT2D eigenvalue weighted by molar-refractivity contribution is 5.36. The summed E-state index contributed by atoms with van der Waals surface area (Å²) in [5.41, 5.74) is 2.91. The molecule has 0 saturated carbocycles. The second-order valence-corrected chi connectivity index (χ2v) is 5.94. The monoisotopic (exact) mass is 348 g/mol. The molecule has 7 nitrogen and oxygen atoms in total. The fourth-order valence-corrected chi connectivity index (χ4v) is 2.82. The van der Waals surface area contributed by atoms with Crippen LogP contribution in [0.5, 0.6) is 5.75 Å². The number of nitrogens with one attached hydrogen (secondary N) is 2. The third-order valence-electron chi connectivity index (χ3n) is 4.21. The van der Waals surface area contributed by atoms with Crippen molar-refractivity contribution in [2.45, 2.75) is 12.7 Å². The predicted octanol–water partition coefficient (Wildman–Crippen LogP) is 0.353. The molecule has 4 rings (SSSR count). The van der Waals surface area contributed by atoms with Gasteiger partial charge in [-0.25, -0.2) is 4.99 Å². The molecule has 2 heterocycles. The molecule has 0 fully saturated rings. The van der Waals surface area contributed by atoms with E-state index in [0.29, 0.717) is 0 Å². The van der Waals surface area contributed by atoms with Gasteiger partial charge in [0, 0.05) is 12.7 Å². The molecule has 3 aromatic rings. The number of ether oxygens (including phenoxy) is 1. The second kappa shape index (κ2) is 7.37. The minimum absolute atomic E-state index is 0.207. The topological polar surface area (TPSA) is 76.4 Å². The quantitative estimate of drug-likeness (QED) is 0.672. The molecule has 132 valence electrons. The molecular formula is C19H20N6O. The van der Waals surface area contributed by atoms with Crippen LogP contribution in [0.4, 0.5) is 0 Å². The first-order chi connectivity index (χ1) is 12.8. The molecule has 0 aliphatic carbocycles. The summed E-state index contributed by atoms with van der Waals surface area (Å²) in [5, 5.41) is 15.7. The van der Waals surface area contributed by atoms with Gasteiger partial charge in [0.05, 0.1) is 12.8 Å². The number of aromatic nitrogens is 3. The van der Waals surface area contributed by atoms with Crippen LogP contribution in [-0.2, 0) is 6.42 Å². The summed E-state index contributed by atoms with van der Waals surface area (Å²) in [5.74, 6) is 0.799. The van der Waals surface area contributed by atoms with Crippen molar-refractivity contribution in [2.24, 2.45) is 4.99 Å². The van der Waals surface area contributed by atoms with E-state index >= 15 is 0 Å². The number of hydrogen-bond donors (Lipinski definition) is 2. The number of hydrogen-bond acceptors (Lipinski definition) is 6. The molecule has 1 aromatic heterocycles. The Morgan fingerprint density at radius 3 is 2.69 bits per heavy atom. The lowest BCUT2D eigenvalue weighted by Crippen LogP contribution is -2.48. The molecule has 1 unspecified atom stereocenters. The second-order valence-electron chi connectivity index (χ2n) is 5.94. The van der Waals surface area contributed by atoms with Gasteiger partial charge in [0.2, 0.25) is 0 Å². The zero-order chi connectivity index (χ0) is 17.8. The fourth-order valence-electron chi connectivity index (χ4n) is 2.82. The average molecular weight is 348 g/mol. The molecule has 2 aromatic carbocycles. The van der Waals surface area contributed by atoms with Crippen molar-refractivity contribution in [3.63, 3.8) is 0 Å². The molecule has 0 amide bonds. The first-order valence-electron chi connectivity index (χ1n) is 8.51. The number of nitrogens with zero attached hydrogens (tertiary/aromatic N) is 4. The number of benzene rings is 2. The van der Waals surface area contributed by atoms with Crippen molar-refractivity contribution in [3.8, 4) is 11.4 Å². The van der Waals surface area contributed by atoms with Gasteiger partial charge in [0.1, 0.15) is 11.1 Å². The van der Waals surface area contributed by atoms with Crippen LogP contribution in [0.1, 0.15) is 5.56 Å². The molecule has 1 atom stereocenters. The summed E-state index contributed by atoms with van der Waals surface area (Å²) >= 11 is 0. The van der Waals surface area contributed by atoms with Gasteiger partial charge in [-0.15, -0.1) is 5.10 Å². The number of methoxy groups -OCH3 is 1. The molecule has 2 N–H and O–H groups in total. The maximum Gasteiger partial charge on any atom is 0.183 e. The van der Waals surface area contributed by atoms with Crippen molar-refractivity contribution < 1.29 is 4.74 Å². The maximum absolute atomic E-state index is 5.20. The SMILES string of the molecule is COc1ccc(-n2nnc3c2=NC(NCCc2ccccc2)NC=3)cc1. The number of fused-ring (bicyclic) bond motifs is 1. The highest BCUT2D eigenvalue weighted by atomic mass is 16.5. The van der Waals surface area contributed by atoms with Crippen molar-refractivity contribution in [1.29, 1.82) is 0 Å². The van der Waals surface area contributed by atoms with Gasteiger partial charge in [0.15, 0.2) is 11.8 Å². The van der Waals surface area contributed by atoms with Gasteiger partial charge in [-0.2, -0.15) is 4.68 Å². The van der Waals surface area contributed by atoms with E-state index in [1.165, 1.54) is 5.56 Å². The highest BCUT2D eigenvalue weighted by Crippen LogP contribution is 2.12. The molecule has 0 saturated heterocycles. The van der Waals surface area contributed by atoms with Gasteiger partial charge < -0.3 is 10.1 Å². The van der Waals surface area contributed by atoms with Crippen LogP contribution in [-0.4, -0.2) is 34.9 Å². The van der Waals surface area contributed by atoms with Gasteiger partial charge >= 0.3 is 0 Å². The lowest BCUT2D eigenvalue weighted by molar-refractivity contribution is 0.414. The Morgan fingerprint density at radius 2 is 1.92 bits per heavy atom. The van der Waals surface area contributed by atoms with E-state index in [4.69, 9.17) is 9.73 Å². The van der Waals surface area contributed by atoms with Crippen molar-refractivity contribution >= 4 is 6.20 Å². The van der Waals surface area contributed by atoms with E-state index in [9.17, 15) is 0 Å². The molecular weight excluding hydrogens is 328 g/mol. The Kier molecular flexibility index (Phi) is 4.61. The van der Waals surface area contributed by atoms with E-state index in [0.717, 1.165) is 35.2 Å². The van der Waals surface area contributed by atoms with Crippen LogP contribution in [0.25, 0.3) is 11.9 Å². The van der Waals surface area contributed by atoms with Crippen LogP contribution in [0.15, 0.2) is 59.6 Å². The van der Waals surface area contributed by atoms with E-state index in [-0.39, 0.29) is 6.29 Å². The summed E-state index contributed by atoms with van der Waals surface area (Å²) < 4.78 is 6.94. The Bertz CT molecular complexity index is 981. The van der Waals surface area contributed by atoms with Gasteiger partial charge in [0.25, 0.3) is 0 Å². The predicted molar refractivity (Wildman–Crippen MR) is 98.2 cm³/mol. The van der Waals surface area contributed by atoms with Crippen LogP contribution >= 0.6 is 0 Å². The fraction of sp³-hybridized carbons (Fsp3) is 0.211. The molecule has 26 heavy (non-hydrogen) atoms. The summed E-state index contributed by atoms with van der Waals surface area (Å²) in [6, 6.07) is 18.0. The third kappa shape index (κ3) is 3.43. The van der Waals surface area contributed by atoms with Crippen LogP contribution in [0, 0.1) is 0 Å². The highest BCUT2D eigenvalue weighted by Gasteiger charge is 2.12. The minimum atomic E-state index is -0.207. The van der Waals surface area contributed by atoms with Crippen LogP contribution < -0.4 is 26.2 Å². The average Bonchev–Trinajstić information content (AvgIpc) is 3.12. The Labute approximate surface area is 151 Å². The summed E-state index contributed by atoms with van der Waals surface area (Å²) in [6.07, 6.45) is 2.58. The maximum atomic E-state index is 5.20. The summed E-state index contributed by atoms with van der Waals surface area (Å²) in [7, 11) is 1.65. The molecule has 0 bridgehead atoms. The van der Waals surface area contributed by atoms with Crippen molar-refractivity contribution in [2.75, 3.05) is 13.7 Å². The molecule has 0 radical (unpaired) electrons. The Balaban J connectivity index is 1.50. The Hall–Kier alpha value is -3.19. The van der Waals surface area contributed by atoms with Crippen LogP contribution in [0.2, 0.25) is 0 Å². The standard InChI is InChI=1S/C19H20N6O/c1-26-16-9-7-15(8-10-16)25-18-17(23-24-25)13-21-19(22-18)20-12-11-14-5-3-2-4-6-14/h2-10,13,19-21H,11-12H2,1H3. The normalized spacial score (nSPS) is 15.3. The molecule has 1 aliphatic rings. The van der Waals surface area contributed by atoms with Crippen molar-refractivity contribution in [1.82, 2.24) is 25.6 Å². The van der Waals surface area contributed by atoms with E-state index in [1.807, 2.05) is 36.5 Å². The zero-order valence-corrected chi connectivity index (χ0v) is 14.5. The first-order valence-corrected chi connectivity index (χ1v) is 8.51. The largest absolute Gasteiger partial charge is 0.497 e. The minimum Gasteiger partial charge on any atom is -0.497 e. The lowest BCUT2D eigenvalue weighted by Gasteiger charge is -2.16. The molecule has 1 aliphatic heterocycles. The van der Waals surface area contributed by atoms with Gasteiger partial charge in [-0.05, 0) is 36.2 Å². The zero-order valence-electron chi connectivity index (χ0n) is 14.5. The molecule has 7 heteroatoms. The summed E-state index contributed by atoms with van der Waals surface area (Å²) in [4.78, 5) is 4.71. The number of rotatable bonds is 6. The van der Waals surface area contributed by atoms with Crippen molar-refractivity contribution in [3.05, 3.63) is 71.0 Å². The van der Waals surface area contributed by atoms with E-state index in [2.05, 4.69) is 45.2 Å². The lowest BCUT2D eigenvalue weighted by atomic mass is 10.1. The van der Waals surface area contributed by atoms with E-state index < -0.39 is 0 Å². The van der Waals surface area contributed by atoms with Crippen LogP contribution in [0.3, 0.4) is 0 Å². The van der Waals surface area contributed by atoms with Gasteiger partial charge in [-0.3, -0.25) is 5.32 Å². The smallest absolute Gasteiger partial charge is 0.183 e. The first kappa shape index (κ1) is 16.3. The Morgan fingerprint density at radius 1 is 1.12 bits per heavy atom.